The van der Waals surface area contributed by atoms with Crippen molar-refractivity contribution in [3.8, 4) is 5.75 Å². The van der Waals surface area contributed by atoms with Gasteiger partial charge < -0.3 is 10.1 Å². The minimum absolute atomic E-state index is 0.0110. The van der Waals surface area contributed by atoms with Gasteiger partial charge in [0.2, 0.25) is 5.91 Å². The van der Waals surface area contributed by atoms with Gasteiger partial charge in [-0.1, -0.05) is 29.8 Å². The molecule has 0 aliphatic carbocycles. The molecule has 1 aliphatic heterocycles. The number of rotatable bonds is 8. The average molecular weight is 476 g/mol. The zero-order chi connectivity index (χ0) is 23.3. The molecule has 9 nitrogen and oxygen atoms in total. The lowest BCUT2D eigenvalue weighted by Crippen LogP contribution is -2.37. The van der Waals surface area contributed by atoms with E-state index in [1.54, 1.807) is 31.4 Å². The van der Waals surface area contributed by atoms with Gasteiger partial charge in [0.1, 0.15) is 10.8 Å². The molecule has 1 aliphatic rings. The summed E-state index contributed by atoms with van der Waals surface area (Å²) in [5.74, 6) is -0.0806. The van der Waals surface area contributed by atoms with E-state index >= 15 is 0 Å². The highest BCUT2D eigenvalue weighted by Gasteiger charge is 2.34. The van der Waals surface area contributed by atoms with Gasteiger partial charge in [0.15, 0.2) is 0 Å². The maximum atomic E-state index is 12.6. The van der Waals surface area contributed by atoms with E-state index < -0.39 is 16.1 Å². The van der Waals surface area contributed by atoms with Crippen LogP contribution in [-0.4, -0.2) is 47.1 Å². The van der Waals surface area contributed by atoms with Crippen molar-refractivity contribution in [2.75, 3.05) is 20.2 Å². The molecule has 0 bridgehead atoms. The lowest BCUT2D eigenvalue weighted by Gasteiger charge is -2.13. The van der Waals surface area contributed by atoms with Crippen LogP contribution in [0.4, 0.5) is 10.5 Å². The second kappa shape index (κ2) is 10.3. The van der Waals surface area contributed by atoms with Crippen LogP contribution in [0.15, 0.2) is 47.4 Å². The van der Waals surface area contributed by atoms with Gasteiger partial charge in [0.05, 0.1) is 23.4 Å². The van der Waals surface area contributed by atoms with E-state index in [1.165, 1.54) is 24.3 Å². The molecule has 1 fully saturated rings. The molecule has 0 spiro atoms. The van der Waals surface area contributed by atoms with Crippen molar-refractivity contribution in [1.29, 1.82) is 0 Å². The summed E-state index contributed by atoms with van der Waals surface area (Å²) in [6.45, 7) is 0.115. The normalized spacial score (nSPS) is 14.7. The Morgan fingerprint density at radius 2 is 1.97 bits per heavy atom. The summed E-state index contributed by atoms with van der Waals surface area (Å²) in [4.78, 5) is 48.4. The lowest BCUT2D eigenvalue weighted by atomic mass is 10.1. The van der Waals surface area contributed by atoms with Crippen LogP contribution in [-0.2, 0) is 16.0 Å². The third-order valence-electron chi connectivity index (χ3n) is 4.52. The highest BCUT2D eigenvalue weighted by atomic mass is 35.5. The molecule has 2 aromatic carbocycles. The van der Waals surface area contributed by atoms with E-state index in [0.29, 0.717) is 11.3 Å². The molecular formula is C21H18ClN3O6S. The number of carbonyl (C=O) groups is 3. The fourth-order valence-corrected chi connectivity index (χ4v) is 3.95. The van der Waals surface area contributed by atoms with Crippen molar-refractivity contribution in [2.45, 2.75) is 6.42 Å². The number of nitro benzene ring substituents is 1. The summed E-state index contributed by atoms with van der Waals surface area (Å²) in [5.41, 5.74) is 0.882. The van der Waals surface area contributed by atoms with E-state index in [4.69, 9.17) is 16.3 Å². The molecule has 1 saturated heterocycles. The number of benzene rings is 2. The molecule has 11 heteroatoms. The van der Waals surface area contributed by atoms with E-state index in [9.17, 15) is 24.5 Å². The minimum atomic E-state index is -0.625. The summed E-state index contributed by atoms with van der Waals surface area (Å²) in [6, 6.07) is 11.2. The van der Waals surface area contributed by atoms with E-state index in [0.717, 1.165) is 22.2 Å². The maximum absolute atomic E-state index is 12.6. The molecule has 1 heterocycles. The number of imide groups is 1. The van der Waals surface area contributed by atoms with Gasteiger partial charge in [-0.15, -0.1) is 0 Å². The van der Waals surface area contributed by atoms with E-state index in [2.05, 4.69) is 5.32 Å². The quantitative estimate of drug-likeness (QED) is 0.351. The molecule has 0 aromatic heterocycles. The first-order chi connectivity index (χ1) is 15.3. The summed E-state index contributed by atoms with van der Waals surface area (Å²) in [5, 5.41) is 13.2. The van der Waals surface area contributed by atoms with Gasteiger partial charge >= 0.3 is 0 Å². The zero-order valence-electron chi connectivity index (χ0n) is 16.9. The molecule has 2 aromatic rings. The van der Waals surface area contributed by atoms with Crippen molar-refractivity contribution in [2.24, 2.45) is 0 Å². The molecule has 1 N–H and O–H groups in total. The minimum Gasteiger partial charge on any atom is -0.497 e. The number of nitro groups is 1. The van der Waals surface area contributed by atoms with Crippen LogP contribution in [0.3, 0.4) is 0 Å². The fourth-order valence-electron chi connectivity index (χ4n) is 2.90. The van der Waals surface area contributed by atoms with Crippen molar-refractivity contribution in [1.82, 2.24) is 10.2 Å². The van der Waals surface area contributed by atoms with Crippen LogP contribution in [0.1, 0.15) is 11.1 Å². The van der Waals surface area contributed by atoms with Crippen LogP contribution < -0.4 is 10.1 Å². The van der Waals surface area contributed by atoms with Crippen molar-refractivity contribution >= 4 is 52.2 Å². The first-order valence-corrected chi connectivity index (χ1v) is 10.6. The van der Waals surface area contributed by atoms with E-state index in [-0.39, 0.29) is 41.0 Å². The van der Waals surface area contributed by atoms with Crippen LogP contribution >= 0.6 is 23.4 Å². The Morgan fingerprint density at radius 3 is 2.62 bits per heavy atom. The van der Waals surface area contributed by atoms with Gasteiger partial charge in [-0.05, 0) is 47.2 Å². The number of nitrogens with one attached hydrogen (secondary N) is 1. The van der Waals surface area contributed by atoms with Crippen molar-refractivity contribution < 1.29 is 24.0 Å². The largest absolute Gasteiger partial charge is 0.497 e. The molecular weight excluding hydrogens is 458 g/mol. The van der Waals surface area contributed by atoms with Gasteiger partial charge in [-0.2, -0.15) is 0 Å². The first-order valence-electron chi connectivity index (χ1n) is 9.37. The average Bonchev–Trinajstić information content (AvgIpc) is 3.02. The number of thioether (sulfide) groups is 1. The molecule has 0 radical (unpaired) electrons. The number of nitrogens with zero attached hydrogens (tertiary/aromatic N) is 2. The molecule has 0 atom stereocenters. The van der Waals surface area contributed by atoms with Crippen LogP contribution in [0.5, 0.6) is 5.75 Å². The smallest absolute Gasteiger partial charge is 0.293 e. The second-order valence-corrected chi connectivity index (χ2v) is 8.08. The monoisotopic (exact) mass is 475 g/mol. The van der Waals surface area contributed by atoms with Gasteiger partial charge in [-0.25, -0.2) is 0 Å². The molecule has 0 saturated carbocycles. The van der Waals surface area contributed by atoms with Gasteiger partial charge in [0.25, 0.3) is 16.8 Å². The topological polar surface area (TPSA) is 119 Å². The number of halogens is 1. The van der Waals surface area contributed by atoms with Crippen molar-refractivity contribution in [3.63, 3.8) is 0 Å². The zero-order valence-corrected chi connectivity index (χ0v) is 18.4. The summed E-state index contributed by atoms with van der Waals surface area (Å²) >= 11 is 6.52. The highest BCUT2D eigenvalue weighted by molar-refractivity contribution is 8.18. The van der Waals surface area contributed by atoms with Gasteiger partial charge in [-0.3, -0.25) is 29.4 Å². The standard InChI is InChI=1S/C21H18ClN3O6S/c1-31-15-5-2-13(3-6-15)12-19(26)23-8-9-24-20(27)18(32-21(24)28)11-14-4-7-16(22)17(10-14)25(29)30/h2-7,10-11H,8-9,12H2,1H3,(H,23,26)/b18-11-. The predicted molar refractivity (Wildman–Crippen MR) is 120 cm³/mol. The number of methoxy groups -OCH3 is 1. The summed E-state index contributed by atoms with van der Waals surface area (Å²) in [7, 11) is 1.56. The second-order valence-electron chi connectivity index (χ2n) is 6.68. The SMILES string of the molecule is COc1ccc(CC(=O)NCCN2C(=O)S/C(=C\c3ccc(Cl)c([N+](=O)[O-])c3)C2=O)cc1. The van der Waals surface area contributed by atoms with Crippen LogP contribution in [0.2, 0.25) is 5.02 Å². The summed E-state index contributed by atoms with van der Waals surface area (Å²) in [6.07, 6.45) is 1.55. The Balaban J connectivity index is 1.56. The van der Waals surface area contributed by atoms with Crippen LogP contribution in [0.25, 0.3) is 6.08 Å². The lowest BCUT2D eigenvalue weighted by molar-refractivity contribution is -0.384. The molecule has 3 rings (SSSR count). The fraction of sp³-hybridized carbons (Fsp3) is 0.190. The Bertz CT molecular complexity index is 1100. The first kappa shape index (κ1) is 23.3. The number of hydrogen-bond acceptors (Lipinski definition) is 7. The number of amides is 3. The Hall–Kier alpha value is -3.37. The van der Waals surface area contributed by atoms with Crippen molar-refractivity contribution in [3.05, 3.63) is 73.6 Å². The highest BCUT2D eigenvalue weighted by Crippen LogP contribution is 2.33. The maximum Gasteiger partial charge on any atom is 0.293 e. The Morgan fingerprint density at radius 1 is 1.25 bits per heavy atom. The van der Waals surface area contributed by atoms with Crippen LogP contribution in [0, 0.1) is 10.1 Å². The molecule has 32 heavy (non-hydrogen) atoms. The Kier molecular flexibility index (Phi) is 7.49. The Labute approximate surface area is 192 Å². The number of carbonyl (C=O) groups excluding carboxylic acids is 3. The van der Waals surface area contributed by atoms with E-state index in [1.807, 2.05) is 0 Å². The number of hydrogen-bond donors (Lipinski definition) is 1. The number of ether oxygens (including phenoxy) is 1. The third-order valence-corrected chi connectivity index (χ3v) is 5.75. The van der Waals surface area contributed by atoms with Gasteiger partial charge in [0, 0.05) is 19.2 Å². The molecule has 166 valence electrons. The molecule has 0 unspecified atom stereocenters. The predicted octanol–water partition coefficient (Wildman–Crippen LogP) is 3.65. The summed E-state index contributed by atoms with van der Waals surface area (Å²) < 4.78 is 5.07. The molecule has 3 amide bonds. The third kappa shape index (κ3) is 5.65.